The number of hydrogen-bond donors (Lipinski definition) is 2. The fraction of sp³-hybridized carbons (Fsp3) is 0.615. The largest absolute Gasteiger partial charge is 0.369 e. The van der Waals surface area contributed by atoms with Gasteiger partial charge in [0, 0.05) is 31.3 Å². The van der Waals surface area contributed by atoms with Crippen LogP contribution in [-0.4, -0.2) is 35.1 Å². The summed E-state index contributed by atoms with van der Waals surface area (Å²) in [5, 5.41) is 2.75. The van der Waals surface area contributed by atoms with Crippen LogP contribution in [0.4, 0.5) is 0 Å². The van der Waals surface area contributed by atoms with Crippen molar-refractivity contribution in [3.05, 3.63) is 27.9 Å². The zero-order valence-corrected chi connectivity index (χ0v) is 11.7. The number of carbonyl (C=O) groups excluding carboxylic acids is 1. The van der Waals surface area contributed by atoms with Crippen LogP contribution in [0.15, 0.2) is 10.9 Å². The number of amides is 1. The maximum absolute atomic E-state index is 11.6. The predicted octanol–water partition coefficient (Wildman–Crippen LogP) is 0.552. The molecule has 0 radical (unpaired) electrons. The number of ether oxygens (including phenoxy) is 1. The van der Waals surface area contributed by atoms with E-state index in [2.05, 4.69) is 15.3 Å². The number of rotatable bonds is 7. The summed E-state index contributed by atoms with van der Waals surface area (Å²) in [6, 6.07) is 1.43. The molecule has 0 fully saturated rings. The molecular weight excluding hydrogens is 246 g/mol. The Balaban J connectivity index is 2.37. The fourth-order valence-corrected chi connectivity index (χ4v) is 1.58. The van der Waals surface area contributed by atoms with Crippen LogP contribution in [0.3, 0.4) is 0 Å². The smallest absolute Gasteiger partial charge is 0.251 e. The molecule has 0 aromatic carbocycles. The van der Waals surface area contributed by atoms with E-state index in [1.165, 1.54) is 6.07 Å². The third kappa shape index (κ3) is 5.65. The van der Waals surface area contributed by atoms with Gasteiger partial charge in [-0.3, -0.25) is 9.59 Å². The van der Waals surface area contributed by atoms with Crippen molar-refractivity contribution in [3.63, 3.8) is 0 Å². The fourth-order valence-electron chi connectivity index (χ4n) is 1.58. The van der Waals surface area contributed by atoms with E-state index >= 15 is 0 Å². The summed E-state index contributed by atoms with van der Waals surface area (Å²) in [6.45, 7) is 6.46. The molecule has 1 aromatic heterocycles. The average Bonchev–Trinajstić information content (AvgIpc) is 2.34. The zero-order chi connectivity index (χ0) is 14.3. The lowest BCUT2D eigenvalue weighted by Gasteiger charge is -2.12. The Morgan fingerprint density at radius 1 is 1.58 bits per heavy atom. The van der Waals surface area contributed by atoms with E-state index < -0.39 is 6.10 Å². The van der Waals surface area contributed by atoms with Crippen molar-refractivity contribution in [1.29, 1.82) is 0 Å². The normalized spacial score (nSPS) is 12.2. The van der Waals surface area contributed by atoms with Crippen LogP contribution in [0.5, 0.6) is 0 Å². The molecule has 0 spiro atoms. The number of nitrogens with one attached hydrogen (secondary N) is 2. The molecule has 0 saturated heterocycles. The molecule has 0 aliphatic heterocycles. The summed E-state index contributed by atoms with van der Waals surface area (Å²) < 4.78 is 5.31. The number of aromatic amines is 1. The van der Waals surface area contributed by atoms with E-state index in [4.69, 9.17) is 4.74 Å². The topological polar surface area (TPSA) is 84.1 Å². The molecule has 6 nitrogen and oxygen atoms in total. The highest BCUT2D eigenvalue weighted by Crippen LogP contribution is 1.94. The van der Waals surface area contributed by atoms with Gasteiger partial charge in [-0.2, -0.15) is 0 Å². The minimum Gasteiger partial charge on any atom is -0.369 e. The second kappa shape index (κ2) is 7.68. The van der Waals surface area contributed by atoms with Gasteiger partial charge in [-0.1, -0.05) is 6.92 Å². The van der Waals surface area contributed by atoms with Gasteiger partial charge in [0.25, 0.3) is 5.56 Å². The summed E-state index contributed by atoms with van der Waals surface area (Å²) in [7, 11) is 0. The van der Waals surface area contributed by atoms with E-state index in [0.29, 0.717) is 31.1 Å². The summed E-state index contributed by atoms with van der Waals surface area (Å²) in [4.78, 5) is 29.7. The quantitative estimate of drug-likeness (QED) is 0.755. The Morgan fingerprint density at radius 2 is 2.32 bits per heavy atom. The number of H-pyrrole nitrogens is 1. The first-order valence-corrected chi connectivity index (χ1v) is 6.49. The lowest BCUT2D eigenvalue weighted by Crippen LogP contribution is -2.36. The number of aryl methyl sites for hydroxylation is 1. The zero-order valence-electron chi connectivity index (χ0n) is 11.7. The van der Waals surface area contributed by atoms with E-state index in [1.54, 1.807) is 13.8 Å². The predicted molar refractivity (Wildman–Crippen MR) is 72.0 cm³/mol. The van der Waals surface area contributed by atoms with Gasteiger partial charge in [0.15, 0.2) is 0 Å². The Labute approximate surface area is 112 Å². The van der Waals surface area contributed by atoms with Gasteiger partial charge < -0.3 is 15.0 Å². The highest BCUT2D eigenvalue weighted by atomic mass is 16.5. The van der Waals surface area contributed by atoms with Crippen molar-refractivity contribution in [2.45, 2.75) is 39.7 Å². The van der Waals surface area contributed by atoms with E-state index in [-0.39, 0.29) is 11.5 Å². The maximum Gasteiger partial charge on any atom is 0.251 e. The van der Waals surface area contributed by atoms with Crippen LogP contribution in [0.1, 0.15) is 31.8 Å². The van der Waals surface area contributed by atoms with Crippen molar-refractivity contribution in [2.75, 3.05) is 13.2 Å². The highest BCUT2D eigenvalue weighted by Gasteiger charge is 2.12. The molecule has 1 aromatic rings. The average molecular weight is 267 g/mol. The highest BCUT2D eigenvalue weighted by molar-refractivity contribution is 5.80. The minimum atomic E-state index is -0.454. The second-order valence-electron chi connectivity index (χ2n) is 4.39. The molecule has 1 heterocycles. The van der Waals surface area contributed by atoms with Gasteiger partial charge in [0.2, 0.25) is 5.91 Å². The molecule has 0 unspecified atom stereocenters. The van der Waals surface area contributed by atoms with Crippen molar-refractivity contribution in [2.24, 2.45) is 0 Å². The molecule has 19 heavy (non-hydrogen) atoms. The monoisotopic (exact) mass is 267 g/mol. The van der Waals surface area contributed by atoms with E-state index in [0.717, 1.165) is 6.42 Å². The van der Waals surface area contributed by atoms with Crippen molar-refractivity contribution in [1.82, 2.24) is 15.3 Å². The molecule has 106 valence electrons. The summed E-state index contributed by atoms with van der Waals surface area (Å²) in [5.74, 6) is 0.427. The van der Waals surface area contributed by atoms with E-state index in [9.17, 15) is 9.59 Å². The van der Waals surface area contributed by atoms with Gasteiger partial charge in [0.05, 0.1) is 0 Å². The van der Waals surface area contributed by atoms with Crippen LogP contribution >= 0.6 is 0 Å². The standard InChI is InChI=1S/C13H21N3O3/c1-4-7-19-10(3)13(18)14-6-5-11-15-9(2)8-12(17)16-11/h8,10H,4-7H2,1-3H3,(H,14,18)(H,15,16,17)/t10-/m0/s1. The summed E-state index contributed by atoms with van der Waals surface area (Å²) in [6.07, 6.45) is 0.916. The molecule has 0 aliphatic rings. The SMILES string of the molecule is CCCO[C@@H](C)C(=O)NCCc1nc(C)cc(=O)[nH]1. The first-order chi connectivity index (χ1) is 9.02. The van der Waals surface area contributed by atoms with Gasteiger partial charge in [0.1, 0.15) is 11.9 Å². The molecule has 1 amide bonds. The molecule has 6 heteroatoms. The number of aromatic nitrogens is 2. The summed E-state index contributed by atoms with van der Waals surface area (Å²) >= 11 is 0. The lowest BCUT2D eigenvalue weighted by molar-refractivity contribution is -0.131. The molecule has 1 rings (SSSR count). The van der Waals surface area contributed by atoms with Crippen LogP contribution < -0.4 is 10.9 Å². The Kier molecular flexibility index (Phi) is 6.21. The summed E-state index contributed by atoms with van der Waals surface area (Å²) in [5.41, 5.74) is 0.498. The van der Waals surface area contributed by atoms with Crippen LogP contribution in [0.2, 0.25) is 0 Å². The van der Waals surface area contributed by atoms with Crippen molar-refractivity contribution >= 4 is 5.91 Å². The van der Waals surface area contributed by atoms with Gasteiger partial charge in [-0.05, 0) is 20.3 Å². The molecule has 0 bridgehead atoms. The van der Waals surface area contributed by atoms with Gasteiger partial charge in [-0.15, -0.1) is 0 Å². The third-order valence-electron chi connectivity index (χ3n) is 2.52. The number of carbonyl (C=O) groups is 1. The Morgan fingerprint density at radius 3 is 2.95 bits per heavy atom. The van der Waals surface area contributed by atoms with E-state index in [1.807, 2.05) is 6.92 Å². The molecule has 0 aliphatic carbocycles. The Bertz CT molecular complexity index is 470. The van der Waals surface area contributed by atoms with Crippen molar-refractivity contribution < 1.29 is 9.53 Å². The van der Waals surface area contributed by atoms with Crippen LogP contribution in [-0.2, 0) is 16.0 Å². The van der Waals surface area contributed by atoms with Crippen molar-refractivity contribution in [3.8, 4) is 0 Å². The number of hydrogen-bond acceptors (Lipinski definition) is 4. The van der Waals surface area contributed by atoms with Gasteiger partial charge >= 0.3 is 0 Å². The first-order valence-electron chi connectivity index (χ1n) is 6.49. The molecule has 0 saturated carbocycles. The Hall–Kier alpha value is -1.69. The second-order valence-corrected chi connectivity index (χ2v) is 4.39. The first kappa shape index (κ1) is 15.4. The van der Waals surface area contributed by atoms with Gasteiger partial charge in [-0.25, -0.2) is 4.98 Å². The van der Waals surface area contributed by atoms with Crippen LogP contribution in [0, 0.1) is 6.92 Å². The van der Waals surface area contributed by atoms with Crippen LogP contribution in [0.25, 0.3) is 0 Å². The lowest BCUT2D eigenvalue weighted by atomic mass is 10.3. The minimum absolute atomic E-state index is 0.150. The molecule has 2 N–H and O–H groups in total. The third-order valence-corrected chi connectivity index (χ3v) is 2.52. The number of nitrogens with zero attached hydrogens (tertiary/aromatic N) is 1. The molecule has 1 atom stereocenters. The molecular formula is C13H21N3O3. The maximum atomic E-state index is 11.6.